The Morgan fingerprint density at radius 3 is 2.56 bits per heavy atom. The highest BCUT2D eigenvalue weighted by Crippen LogP contribution is 2.28. The number of Topliss-reactive ketones (excluding diaryl/α,β-unsaturated/α-hetero) is 1. The molecule has 1 unspecified atom stereocenters. The number of benzene rings is 1. The molecule has 1 aromatic carbocycles. The summed E-state index contributed by atoms with van der Waals surface area (Å²) < 4.78 is 10.5. The van der Waals surface area contributed by atoms with E-state index in [4.69, 9.17) is 9.47 Å². The normalized spacial score (nSPS) is 12.2. The summed E-state index contributed by atoms with van der Waals surface area (Å²) in [4.78, 5) is 11.9. The van der Waals surface area contributed by atoms with Gasteiger partial charge in [-0.15, -0.1) is 0 Å². The van der Waals surface area contributed by atoms with Crippen molar-refractivity contribution in [3.8, 4) is 5.75 Å². The summed E-state index contributed by atoms with van der Waals surface area (Å²) in [5.74, 6) is 0.785. The van der Waals surface area contributed by atoms with E-state index in [-0.39, 0.29) is 5.78 Å². The van der Waals surface area contributed by atoms with Crippen LogP contribution < -0.4 is 4.74 Å². The highest BCUT2D eigenvalue weighted by molar-refractivity contribution is 5.85. The van der Waals surface area contributed by atoms with Crippen LogP contribution in [0.5, 0.6) is 5.75 Å². The van der Waals surface area contributed by atoms with E-state index in [1.165, 1.54) is 0 Å². The predicted octanol–water partition coefficient (Wildman–Crippen LogP) is 2.75. The molecule has 1 aromatic rings. The summed E-state index contributed by atoms with van der Waals surface area (Å²) in [6.07, 6.45) is 0.834. The maximum atomic E-state index is 11.9. The number of ether oxygens (including phenoxy) is 2. The molecule has 0 aliphatic rings. The first-order valence-electron chi connectivity index (χ1n) is 5.43. The van der Waals surface area contributed by atoms with Crippen LogP contribution in [0.1, 0.15) is 31.4 Å². The molecule has 0 fully saturated rings. The lowest BCUT2D eigenvalue weighted by Crippen LogP contribution is -2.15. The van der Waals surface area contributed by atoms with Crippen molar-refractivity contribution in [3.63, 3.8) is 0 Å². The third-order valence-electron chi connectivity index (χ3n) is 2.45. The van der Waals surface area contributed by atoms with Crippen molar-refractivity contribution in [2.24, 2.45) is 0 Å². The fraction of sp³-hybridized carbons (Fsp3) is 0.462. The van der Waals surface area contributed by atoms with E-state index >= 15 is 0 Å². The lowest BCUT2D eigenvalue weighted by molar-refractivity contribution is -0.129. The van der Waals surface area contributed by atoms with Crippen molar-refractivity contribution >= 4 is 5.78 Å². The molecule has 0 N–H and O–H groups in total. The summed E-state index contributed by atoms with van der Waals surface area (Å²) in [6, 6.07) is 7.45. The second-order valence-electron chi connectivity index (χ2n) is 3.57. The SMILES string of the molecule is CCCC(=O)C(OC)c1ccccc1OC. The highest BCUT2D eigenvalue weighted by atomic mass is 16.5. The average molecular weight is 222 g/mol. The first-order chi connectivity index (χ1) is 7.74. The summed E-state index contributed by atoms with van der Waals surface area (Å²) in [5.41, 5.74) is 0.797. The quantitative estimate of drug-likeness (QED) is 0.742. The Morgan fingerprint density at radius 2 is 2.00 bits per heavy atom. The van der Waals surface area contributed by atoms with Crippen molar-refractivity contribution in [1.29, 1.82) is 0 Å². The lowest BCUT2D eigenvalue weighted by Gasteiger charge is -2.17. The van der Waals surface area contributed by atoms with Crippen LogP contribution in [0.4, 0.5) is 0 Å². The molecular formula is C13H18O3. The average Bonchev–Trinajstić information content (AvgIpc) is 2.31. The van der Waals surface area contributed by atoms with Crippen LogP contribution in [0.2, 0.25) is 0 Å². The highest BCUT2D eigenvalue weighted by Gasteiger charge is 2.22. The number of hydrogen-bond donors (Lipinski definition) is 0. The van der Waals surface area contributed by atoms with Gasteiger partial charge in [-0.3, -0.25) is 4.79 Å². The Kier molecular flexibility index (Phi) is 4.99. The van der Waals surface area contributed by atoms with Crippen molar-refractivity contribution < 1.29 is 14.3 Å². The molecule has 0 aliphatic heterocycles. The standard InChI is InChI=1S/C13H18O3/c1-4-7-11(14)13(16-3)10-8-5-6-9-12(10)15-2/h5-6,8-9,13H,4,7H2,1-3H3. The fourth-order valence-electron chi connectivity index (χ4n) is 1.69. The molecule has 0 aromatic heterocycles. The predicted molar refractivity (Wildman–Crippen MR) is 62.7 cm³/mol. The zero-order valence-electron chi connectivity index (χ0n) is 10.0. The van der Waals surface area contributed by atoms with E-state index in [1.54, 1.807) is 14.2 Å². The van der Waals surface area contributed by atoms with E-state index in [1.807, 2.05) is 31.2 Å². The molecular weight excluding hydrogens is 204 g/mol. The molecule has 0 aliphatic carbocycles. The molecule has 0 bridgehead atoms. The fourth-order valence-corrected chi connectivity index (χ4v) is 1.69. The Bertz CT molecular complexity index is 347. The van der Waals surface area contributed by atoms with Crippen molar-refractivity contribution in [3.05, 3.63) is 29.8 Å². The number of methoxy groups -OCH3 is 2. The van der Waals surface area contributed by atoms with E-state index in [2.05, 4.69) is 0 Å². The van der Waals surface area contributed by atoms with E-state index in [0.717, 1.165) is 12.0 Å². The summed E-state index contributed by atoms with van der Waals surface area (Å²) in [6.45, 7) is 1.98. The molecule has 1 rings (SSSR count). The summed E-state index contributed by atoms with van der Waals surface area (Å²) >= 11 is 0. The minimum Gasteiger partial charge on any atom is -0.496 e. The largest absolute Gasteiger partial charge is 0.496 e. The molecule has 0 saturated heterocycles. The molecule has 16 heavy (non-hydrogen) atoms. The van der Waals surface area contributed by atoms with Crippen LogP contribution in [0.3, 0.4) is 0 Å². The molecule has 0 radical (unpaired) electrons. The molecule has 0 amide bonds. The van der Waals surface area contributed by atoms with Crippen molar-refractivity contribution in [2.75, 3.05) is 14.2 Å². The van der Waals surface area contributed by atoms with Gasteiger partial charge in [-0.1, -0.05) is 25.1 Å². The van der Waals surface area contributed by atoms with Gasteiger partial charge in [-0.25, -0.2) is 0 Å². The number of ketones is 1. The smallest absolute Gasteiger partial charge is 0.166 e. The first kappa shape index (κ1) is 12.7. The Hall–Kier alpha value is -1.35. The van der Waals surface area contributed by atoms with Crippen LogP contribution in [0.25, 0.3) is 0 Å². The Balaban J connectivity index is 2.98. The molecule has 0 heterocycles. The molecule has 1 atom stereocenters. The zero-order chi connectivity index (χ0) is 12.0. The van der Waals surface area contributed by atoms with Gasteiger partial charge in [0, 0.05) is 19.1 Å². The second-order valence-corrected chi connectivity index (χ2v) is 3.57. The Labute approximate surface area is 96.4 Å². The van der Waals surface area contributed by atoms with E-state index in [0.29, 0.717) is 12.2 Å². The number of hydrogen-bond acceptors (Lipinski definition) is 3. The lowest BCUT2D eigenvalue weighted by atomic mass is 10.0. The van der Waals surface area contributed by atoms with Gasteiger partial charge in [0.25, 0.3) is 0 Å². The van der Waals surface area contributed by atoms with Crippen LogP contribution in [0, 0.1) is 0 Å². The van der Waals surface area contributed by atoms with Gasteiger partial charge in [-0.05, 0) is 12.5 Å². The van der Waals surface area contributed by atoms with Crippen LogP contribution in [-0.2, 0) is 9.53 Å². The number of carbonyl (C=O) groups excluding carboxylic acids is 1. The van der Waals surface area contributed by atoms with Crippen LogP contribution >= 0.6 is 0 Å². The van der Waals surface area contributed by atoms with Crippen molar-refractivity contribution in [1.82, 2.24) is 0 Å². The third kappa shape index (κ3) is 2.83. The van der Waals surface area contributed by atoms with Gasteiger partial charge in [0.2, 0.25) is 0 Å². The maximum Gasteiger partial charge on any atom is 0.166 e. The molecule has 0 saturated carbocycles. The third-order valence-corrected chi connectivity index (χ3v) is 2.45. The monoisotopic (exact) mass is 222 g/mol. The minimum absolute atomic E-state index is 0.0921. The number of para-hydroxylation sites is 1. The first-order valence-corrected chi connectivity index (χ1v) is 5.43. The zero-order valence-corrected chi connectivity index (χ0v) is 10.0. The van der Waals surface area contributed by atoms with Gasteiger partial charge in [0.1, 0.15) is 11.9 Å². The van der Waals surface area contributed by atoms with Gasteiger partial charge in [0.05, 0.1) is 7.11 Å². The topological polar surface area (TPSA) is 35.5 Å². The molecule has 0 spiro atoms. The van der Waals surface area contributed by atoms with E-state index in [9.17, 15) is 4.79 Å². The van der Waals surface area contributed by atoms with Gasteiger partial charge < -0.3 is 9.47 Å². The van der Waals surface area contributed by atoms with Gasteiger partial charge in [-0.2, -0.15) is 0 Å². The van der Waals surface area contributed by atoms with Gasteiger partial charge >= 0.3 is 0 Å². The van der Waals surface area contributed by atoms with Crippen LogP contribution in [0.15, 0.2) is 24.3 Å². The molecule has 3 heteroatoms. The second kappa shape index (κ2) is 6.28. The number of rotatable bonds is 6. The summed E-state index contributed by atoms with van der Waals surface area (Å²) in [7, 11) is 3.14. The molecule has 3 nitrogen and oxygen atoms in total. The maximum absolute atomic E-state index is 11.9. The number of carbonyl (C=O) groups is 1. The summed E-state index contributed by atoms with van der Waals surface area (Å²) in [5, 5.41) is 0. The Morgan fingerprint density at radius 1 is 1.31 bits per heavy atom. The van der Waals surface area contributed by atoms with E-state index < -0.39 is 6.10 Å². The minimum atomic E-state index is -0.518. The van der Waals surface area contributed by atoms with Crippen LogP contribution in [-0.4, -0.2) is 20.0 Å². The van der Waals surface area contributed by atoms with Crippen molar-refractivity contribution in [2.45, 2.75) is 25.9 Å². The van der Waals surface area contributed by atoms with Gasteiger partial charge in [0.15, 0.2) is 5.78 Å². The molecule has 88 valence electrons.